The van der Waals surface area contributed by atoms with Crippen molar-refractivity contribution in [2.75, 3.05) is 11.3 Å². The lowest BCUT2D eigenvalue weighted by atomic mass is 10.0. The number of carbonyl (C=O) groups is 1. The molecule has 0 spiro atoms. The van der Waals surface area contributed by atoms with Gasteiger partial charge in [0.25, 0.3) is 0 Å². The number of methoxy groups -OCH3 is 1. The Kier molecular flexibility index (Phi) is 5.29. The predicted molar refractivity (Wildman–Crippen MR) is 123 cm³/mol. The summed E-state index contributed by atoms with van der Waals surface area (Å²) < 4.78 is 10.1. The number of nitrogens with zero attached hydrogens (tertiary/aromatic N) is 2. The van der Waals surface area contributed by atoms with Gasteiger partial charge in [0.2, 0.25) is 0 Å². The Bertz CT molecular complexity index is 985. The smallest absolute Gasteiger partial charge is 0.342 e. The SMILES string of the molecule is COC(=O)c1c(-c2ccccc2)c2ccccn2c1N([Si](C)(C)C)[Si](C)(C)C. The standard InChI is InChI=1S/C22H30N2O2Si2/c1-26-22(25)20-19(17-13-9-8-10-14-17)18-15-11-12-16-23(18)21(20)24(27(2,3)4)28(5,6)7/h8-16H,1-7H3. The minimum atomic E-state index is -1.79. The molecule has 148 valence electrons. The first-order valence-electron chi connectivity index (χ1n) is 9.64. The lowest BCUT2D eigenvalue weighted by molar-refractivity contribution is 0.0603. The Morgan fingerprint density at radius 3 is 2.00 bits per heavy atom. The van der Waals surface area contributed by atoms with Crippen LogP contribution in [-0.4, -0.2) is 34.0 Å². The fourth-order valence-corrected chi connectivity index (χ4v) is 14.0. The first kappa shape index (κ1) is 20.4. The van der Waals surface area contributed by atoms with Crippen molar-refractivity contribution in [3.8, 4) is 11.1 Å². The topological polar surface area (TPSA) is 34.0 Å². The van der Waals surface area contributed by atoms with Crippen molar-refractivity contribution < 1.29 is 9.53 Å². The molecular weight excluding hydrogens is 380 g/mol. The van der Waals surface area contributed by atoms with Gasteiger partial charge in [-0.1, -0.05) is 75.7 Å². The lowest BCUT2D eigenvalue weighted by Crippen LogP contribution is -2.60. The van der Waals surface area contributed by atoms with Crippen molar-refractivity contribution >= 4 is 33.8 Å². The summed E-state index contributed by atoms with van der Waals surface area (Å²) in [5.41, 5.74) is 3.68. The van der Waals surface area contributed by atoms with Crippen molar-refractivity contribution in [2.45, 2.75) is 39.3 Å². The second kappa shape index (κ2) is 7.26. The average molecular weight is 411 g/mol. The second-order valence-electron chi connectivity index (χ2n) is 9.06. The van der Waals surface area contributed by atoms with Crippen LogP contribution in [0.3, 0.4) is 0 Å². The summed E-state index contributed by atoms with van der Waals surface area (Å²) in [7, 11) is -2.11. The Balaban J connectivity index is 2.52. The Hall–Kier alpha value is -2.32. The Morgan fingerprint density at radius 2 is 1.46 bits per heavy atom. The lowest BCUT2D eigenvalue weighted by Gasteiger charge is -2.45. The van der Waals surface area contributed by atoms with Crippen LogP contribution in [0.2, 0.25) is 39.3 Å². The number of fused-ring (bicyclic) bond motifs is 1. The van der Waals surface area contributed by atoms with Gasteiger partial charge in [0, 0.05) is 11.8 Å². The highest BCUT2D eigenvalue weighted by Gasteiger charge is 2.40. The molecule has 0 unspecified atom stereocenters. The van der Waals surface area contributed by atoms with Gasteiger partial charge in [-0.15, -0.1) is 0 Å². The molecule has 2 heterocycles. The maximum Gasteiger partial charge on any atom is 0.342 e. The number of carbonyl (C=O) groups excluding carboxylic acids is 1. The van der Waals surface area contributed by atoms with Crippen LogP contribution in [0.1, 0.15) is 10.4 Å². The molecule has 0 atom stereocenters. The number of esters is 1. The summed E-state index contributed by atoms with van der Waals surface area (Å²) in [4.78, 5) is 13.1. The molecule has 0 aliphatic heterocycles. The van der Waals surface area contributed by atoms with Crippen molar-refractivity contribution in [2.24, 2.45) is 0 Å². The zero-order valence-corrected chi connectivity index (χ0v) is 19.9. The Labute approximate surface area is 169 Å². The van der Waals surface area contributed by atoms with E-state index in [0.29, 0.717) is 5.56 Å². The highest BCUT2D eigenvalue weighted by atomic mass is 28.4. The van der Waals surface area contributed by atoms with Crippen molar-refractivity contribution in [1.82, 2.24) is 4.40 Å². The number of benzene rings is 1. The van der Waals surface area contributed by atoms with E-state index in [1.165, 1.54) is 7.11 Å². The molecule has 0 N–H and O–H groups in total. The van der Waals surface area contributed by atoms with Crippen LogP contribution in [0.4, 0.5) is 5.82 Å². The van der Waals surface area contributed by atoms with E-state index in [1.807, 2.05) is 30.3 Å². The molecule has 28 heavy (non-hydrogen) atoms. The molecular formula is C22H30N2O2Si2. The van der Waals surface area contributed by atoms with E-state index < -0.39 is 16.5 Å². The van der Waals surface area contributed by atoms with E-state index in [0.717, 1.165) is 22.5 Å². The maximum atomic E-state index is 13.1. The summed E-state index contributed by atoms with van der Waals surface area (Å²) in [5.74, 6) is 0.707. The summed E-state index contributed by atoms with van der Waals surface area (Å²) in [6.07, 6.45) is 2.07. The van der Waals surface area contributed by atoms with Gasteiger partial charge in [-0.2, -0.15) is 0 Å². The third-order valence-electron chi connectivity index (χ3n) is 4.82. The van der Waals surface area contributed by atoms with Gasteiger partial charge in [0.15, 0.2) is 0 Å². The van der Waals surface area contributed by atoms with Gasteiger partial charge in [-0.3, -0.25) is 0 Å². The molecule has 0 saturated heterocycles. The van der Waals surface area contributed by atoms with Crippen LogP contribution in [0.15, 0.2) is 54.7 Å². The summed E-state index contributed by atoms with van der Waals surface area (Å²) in [6, 6.07) is 16.3. The van der Waals surface area contributed by atoms with E-state index in [4.69, 9.17) is 4.74 Å². The number of hydrogen-bond acceptors (Lipinski definition) is 3. The second-order valence-corrected chi connectivity index (χ2v) is 19.1. The fraction of sp³-hybridized carbons (Fsp3) is 0.318. The third-order valence-corrected chi connectivity index (χ3v) is 12.0. The van der Waals surface area contributed by atoms with Gasteiger partial charge in [-0.25, -0.2) is 4.79 Å². The molecule has 1 aromatic carbocycles. The number of ether oxygens (including phenoxy) is 1. The van der Waals surface area contributed by atoms with Gasteiger partial charge in [0.1, 0.15) is 27.9 Å². The molecule has 0 bridgehead atoms. The zero-order chi connectivity index (χ0) is 20.7. The molecule has 0 fully saturated rings. The molecule has 4 nitrogen and oxygen atoms in total. The van der Waals surface area contributed by atoms with Crippen LogP contribution in [0.25, 0.3) is 16.6 Å². The largest absolute Gasteiger partial charge is 0.465 e. The molecule has 2 aromatic heterocycles. The Morgan fingerprint density at radius 1 is 0.893 bits per heavy atom. The molecule has 6 heteroatoms. The van der Waals surface area contributed by atoms with E-state index in [1.54, 1.807) is 0 Å². The van der Waals surface area contributed by atoms with Crippen LogP contribution in [0.5, 0.6) is 0 Å². The normalized spacial score (nSPS) is 12.2. The van der Waals surface area contributed by atoms with Gasteiger partial charge in [-0.05, 0) is 17.7 Å². The highest BCUT2D eigenvalue weighted by molar-refractivity contribution is 6.99. The quantitative estimate of drug-likeness (QED) is 0.390. The molecule has 0 aliphatic carbocycles. The number of hydrogen-bond donors (Lipinski definition) is 0. The third kappa shape index (κ3) is 3.54. The summed E-state index contributed by atoms with van der Waals surface area (Å²) in [5, 5.41) is 0. The molecule has 3 aromatic rings. The molecule has 0 amide bonds. The number of pyridine rings is 1. The average Bonchev–Trinajstić information content (AvgIpc) is 2.94. The maximum absolute atomic E-state index is 13.1. The zero-order valence-electron chi connectivity index (χ0n) is 17.9. The minimum absolute atomic E-state index is 0.279. The van der Waals surface area contributed by atoms with E-state index in [2.05, 4.69) is 72.3 Å². The van der Waals surface area contributed by atoms with Crippen molar-refractivity contribution in [1.29, 1.82) is 0 Å². The molecule has 0 aliphatic rings. The van der Waals surface area contributed by atoms with Crippen LogP contribution < -0.4 is 4.23 Å². The molecule has 3 rings (SSSR count). The van der Waals surface area contributed by atoms with Gasteiger partial charge < -0.3 is 13.4 Å². The van der Waals surface area contributed by atoms with E-state index in [-0.39, 0.29) is 5.97 Å². The first-order chi connectivity index (χ1) is 13.1. The van der Waals surface area contributed by atoms with Crippen LogP contribution >= 0.6 is 0 Å². The molecule has 0 saturated carbocycles. The number of anilines is 1. The first-order valence-corrected chi connectivity index (χ1v) is 16.5. The van der Waals surface area contributed by atoms with Gasteiger partial charge >= 0.3 is 5.97 Å². The highest BCUT2D eigenvalue weighted by Crippen LogP contribution is 2.41. The minimum Gasteiger partial charge on any atom is -0.465 e. The molecule has 0 radical (unpaired) electrons. The van der Waals surface area contributed by atoms with Crippen LogP contribution in [0, 0.1) is 0 Å². The number of aromatic nitrogens is 1. The van der Waals surface area contributed by atoms with Crippen molar-refractivity contribution in [3.63, 3.8) is 0 Å². The summed E-state index contributed by atoms with van der Waals surface area (Å²) >= 11 is 0. The van der Waals surface area contributed by atoms with Crippen LogP contribution in [-0.2, 0) is 4.74 Å². The fourth-order valence-electron chi connectivity index (χ4n) is 4.25. The van der Waals surface area contributed by atoms with E-state index in [9.17, 15) is 4.79 Å². The van der Waals surface area contributed by atoms with E-state index >= 15 is 0 Å². The number of rotatable bonds is 5. The predicted octanol–water partition coefficient (Wildman–Crippen LogP) is 5.87. The summed E-state index contributed by atoms with van der Waals surface area (Å²) in [6.45, 7) is 14.1. The van der Waals surface area contributed by atoms with Crippen molar-refractivity contribution in [3.05, 3.63) is 60.3 Å². The van der Waals surface area contributed by atoms with Gasteiger partial charge in [0.05, 0.1) is 12.6 Å². The monoisotopic (exact) mass is 410 g/mol.